The molecule has 0 amide bonds. The molecule has 0 N–H and O–H groups in total. The van der Waals surface area contributed by atoms with Crippen LogP contribution in [0, 0.1) is 0 Å². The summed E-state index contributed by atoms with van der Waals surface area (Å²) in [6, 6.07) is 9.67. The van der Waals surface area contributed by atoms with E-state index in [2.05, 4.69) is 10.1 Å². The molecule has 0 unspecified atom stereocenters. The molecule has 0 radical (unpaired) electrons. The highest BCUT2D eigenvalue weighted by Crippen LogP contribution is 2.26. The van der Waals surface area contributed by atoms with E-state index in [-0.39, 0.29) is 6.10 Å². The Morgan fingerprint density at radius 1 is 1.32 bits per heavy atom. The number of aromatic nitrogens is 3. The van der Waals surface area contributed by atoms with Crippen molar-refractivity contribution in [2.24, 2.45) is 7.05 Å². The SMILES string of the molecule is C[C@@H](OC(=O)c1cnn(C)c1-c1ccccc1)c1nccs1. The summed E-state index contributed by atoms with van der Waals surface area (Å²) in [7, 11) is 1.81. The van der Waals surface area contributed by atoms with Gasteiger partial charge in [0.2, 0.25) is 0 Å². The third-order valence-corrected chi connectivity index (χ3v) is 4.23. The summed E-state index contributed by atoms with van der Waals surface area (Å²) in [5.74, 6) is -0.394. The van der Waals surface area contributed by atoms with Crippen LogP contribution in [0.15, 0.2) is 48.1 Å². The molecular formula is C16H15N3O2S. The fourth-order valence-electron chi connectivity index (χ4n) is 2.23. The molecule has 22 heavy (non-hydrogen) atoms. The number of esters is 1. The van der Waals surface area contributed by atoms with Gasteiger partial charge in [0.15, 0.2) is 6.10 Å². The zero-order chi connectivity index (χ0) is 15.5. The Morgan fingerprint density at radius 2 is 2.09 bits per heavy atom. The molecule has 0 aliphatic carbocycles. The van der Waals surface area contributed by atoms with Gasteiger partial charge in [-0.05, 0) is 6.92 Å². The van der Waals surface area contributed by atoms with Gasteiger partial charge in [0.05, 0.1) is 11.9 Å². The molecule has 0 saturated carbocycles. The molecular weight excluding hydrogens is 298 g/mol. The average molecular weight is 313 g/mol. The summed E-state index contributed by atoms with van der Waals surface area (Å²) in [6.07, 6.45) is 2.86. The molecule has 6 heteroatoms. The van der Waals surface area contributed by atoms with Crippen LogP contribution in [0.1, 0.15) is 28.4 Å². The number of carbonyl (C=O) groups excluding carboxylic acids is 1. The number of hydrogen-bond acceptors (Lipinski definition) is 5. The first-order chi connectivity index (χ1) is 10.7. The van der Waals surface area contributed by atoms with Crippen LogP contribution >= 0.6 is 11.3 Å². The molecule has 112 valence electrons. The van der Waals surface area contributed by atoms with E-state index in [4.69, 9.17) is 4.74 Å². The van der Waals surface area contributed by atoms with Gasteiger partial charge in [-0.2, -0.15) is 5.10 Å². The summed E-state index contributed by atoms with van der Waals surface area (Å²) < 4.78 is 7.19. The Hall–Kier alpha value is -2.47. The first-order valence-electron chi connectivity index (χ1n) is 6.84. The number of hydrogen-bond donors (Lipinski definition) is 0. The minimum Gasteiger partial charge on any atom is -0.452 e. The predicted octanol–water partition coefficient (Wildman–Crippen LogP) is 3.46. The fourth-order valence-corrected chi connectivity index (χ4v) is 2.86. The number of benzene rings is 1. The molecule has 5 nitrogen and oxygen atoms in total. The summed E-state index contributed by atoms with van der Waals surface area (Å²) in [5.41, 5.74) is 2.13. The first-order valence-corrected chi connectivity index (χ1v) is 7.72. The van der Waals surface area contributed by atoms with Gasteiger partial charge in [-0.15, -0.1) is 11.3 Å². The van der Waals surface area contributed by atoms with Gasteiger partial charge in [-0.1, -0.05) is 30.3 Å². The molecule has 2 aromatic heterocycles. The van der Waals surface area contributed by atoms with Crippen molar-refractivity contribution in [2.45, 2.75) is 13.0 Å². The van der Waals surface area contributed by atoms with Crippen molar-refractivity contribution in [3.63, 3.8) is 0 Å². The minimum absolute atomic E-state index is 0.378. The molecule has 3 rings (SSSR count). The van der Waals surface area contributed by atoms with E-state index in [1.165, 1.54) is 11.3 Å². The summed E-state index contributed by atoms with van der Waals surface area (Å²) >= 11 is 1.46. The number of carbonyl (C=O) groups is 1. The summed E-state index contributed by atoms with van der Waals surface area (Å²) in [5, 5.41) is 6.82. The van der Waals surface area contributed by atoms with Gasteiger partial charge >= 0.3 is 5.97 Å². The molecule has 1 atom stereocenters. The lowest BCUT2D eigenvalue weighted by Crippen LogP contribution is -2.10. The Bertz CT molecular complexity index is 766. The maximum atomic E-state index is 12.5. The third kappa shape index (κ3) is 2.78. The van der Waals surface area contributed by atoms with Gasteiger partial charge < -0.3 is 4.74 Å². The van der Waals surface area contributed by atoms with Crippen LogP contribution in [0.2, 0.25) is 0 Å². The van der Waals surface area contributed by atoms with Crippen LogP contribution in [0.5, 0.6) is 0 Å². The quantitative estimate of drug-likeness (QED) is 0.692. The molecule has 3 aromatic rings. The minimum atomic E-state index is -0.394. The summed E-state index contributed by atoms with van der Waals surface area (Å²) in [6.45, 7) is 1.81. The molecule has 1 aromatic carbocycles. The molecule has 0 aliphatic rings. The Labute approximate surface area is 132 Å². The van der Waals surface area contributed by atoms with E-state index in [0.29, 0.717) is 5.56 Å². The van der Waals surface area contributed by atoms with E-state index < -0.39 is 5.97 Å². The van der Waals surface area contributed by atoms with Crippen LogP contribution in [0.3, 0.4) is 0 Å². The lowest BCUT2D eigenvalue weighted by Gasteiger charge is -2.11. The number of aryl methyl sites for hydroxylation is 1. The van der Waals surface area contributed by atoms with Gasteiger partial charge in [0.25, 0.3) is 0 Å². The monoisotopic (exact) mass is 313 g/mol. The zero-order valence-electron chi connectivity index (χ0n) is 12.3. The van der Waals surface area contributed by atoms with E-state index in [0.717, 1.165) is 16.3 Å². The number of thiazole rings is 1. The van der Waals surface area contributed by atoms with Crippen LogP contribution in [0.25, 0.3) is 11.3 Å². The van der Waals surface area contributed by atoms with Gasteiger partial charge in [-0.3, -0.25) is 4.68 Å². The topological polar surface area (TPSA) is 57.0 Å². The van der Waals surface area contributed by atoms with Gasteiger partial charge in [-0.25, -0.2) is 9.78 Å². The largest absolute Gasteiger partial charge is 0.452 e. The Morgan fingerprint density at radius 3 is 2.77 bits per heavy atom. The standard InChI is InChI=1S/C16H15N3O2S/c1-11(15-17-8-9-22-15)21-16(20)13-10-18-19(2)14(13)12-6-4-3-5-7-12/h3-11H,1-2H3/t11-/m1/s1. The molecule has 0 aliphatic heterocycles. The molecule has 0 saturated heterocycles. The van der Waals surface area contributed by atoms with Gasteiger partial charge in [0, 0.05) is 24.2 Å². The Balaban J connectivity index is 1.88. The van der Waals surface area contributed by atoms with Crippen molar-refractivity contribution in [3.8, 4) is 11.3 Å². The maximum absolute atomic E-state index is 12.5. The number of nitrogens with zero attached hydrogens (tertiary/aromatic N) is 3. The van der Waals surface area contributed by atoms with Gasteiger partial charge in [0.1, 0.15) is 10.6 Å². The Kier molecular flexibility index (Phi) is 4.02. The number of rotatable bonds is 4. The highest BCUT2D eigenvalue weighted by molar-refractivity contribution is 7.09. The lowest BCUT2D eigenvalue weighted by molar-refractivity contribution is 0.0338. The van der Waals surface area contributed by atoms with Crippen LogP contribution in [0.4, 0.5) is 0 Å². The van der Waals surface area contributed by atoms with E-state index in [9.17, 15) is 4.79 Å². The second-order valence-corrected chi connectivity index (χ2v) is 5.74. The zero-order valence-corrected chi connectivity index (χ0v) is 13.1. The highest BCUT2D eigenvalue weighted by Gasteiger charge is 2.22. The fraction of sp³-hybridized carbons (Fsp3) is 0.188. The maximum Gasteiger partial charge on any atom is 0.342 e. The van der Waals surface area contributed by atoms with Crippen molar-refractivity contribution >= 4 is 17.3 Å². The second-order valence-electron chi connectivity index (χ2n) is 4.81. The normalized spacial score (nSPS) is 12.1. The van der Waals surface area contributed by atoms with Crippen molar-refractivity contribution in [2.75, 3.05) is 0 Å². The molecule has 0 fully saturated rings. The molecule has 0 spiro atoms. The van der Waals surface area contributed by atoms with Crippen LogP contribution in [-0.4, -0.2) is 20.7 Å². The van der Waals surface area contributed by atoms with Crippen LogP contribution < -0.4 is 0 Å². The first kappa shape index (κ1) is 14.5. The van der Waals surface area contributed by atoms with E-state index in [1.807, 2.05) is 49.7 Å². The van der Waals surface area contributed by atoms with E-state index in [1.54, 1.807) is 17.1 Å². The van der Waals surface area contributed by atoms with Crippen molar-refractivity contribution in [3.05, 3.63) is 58.7 Å². The summed E-state index contributed by atoms with van der Waals surface area (Å²) in [4.78, 5) is 16.6. The average Bonchev–Trinajstić information content (AvgIpc) is 3.17. The second kappa shape index (κ2) is 6.11. The van der Waals surface area contributed by atoms with Crippen molar-refractivity contribution in [1.82, 2.24) is 14.8 Å². The van der Waals surface area contributed by atoms with Crippen molar-refractivity contribution < 1.29 is 9.53 Å². The van der Waals surface area contributed by atoms with Crippen molar-refractivity contribution in [1.29, 1.82) is 0 Å². The molecule has 0 bridgehead atoms. The molecule has 2 heterocycles. The van der Waals surface area contributed by atoms with Crippen LogP contribution in [-0.2, 0) is 11.8 Å². The van der Waals surface area contributed by atoms with E-state index >= 15 is 0 Å². The number of ether oxygens (including phenoxy) is 1. The smallest absolute Gasteiger partial charge is 0.342 e. The highest BCUT2D eigenvalue weighted by atomic mass is 32.1. The predicted molar refractivity (Wildman–Crippen MR) is 84.6 cm³/mol. The lowest BCUT2D eigenvalue weighted by atomic mass is 10.1. The third-order valence-electron chi connectivity index (χ3n) is 3.29.